The third-order valence-corrected chi connectivity index (χ3v) is 2.53. The van der Waals surface area contributed by atoms with Gasteiger partial charge in [-0.05, 0) is 31.4 Å². The van der Waals surface area contributed by atoms with Gasteiger partial charge < -0.3 is 9.84 Å². The van der Waals surface area contributed by atoms with Gasteiger partial charge in [-0.25, -0.2) is 0 Å². The standard InChI is InChI=1S/C13H20O2/c1-9(2)12-7-5-6-8-13(12)15-11(4)10(3)14/h5-11,14H,1-4H3. The number of hydrogen-bond donors (Lipinski definition) is 1. The van der Waals surface area contributed by atoms with Gasteiger partial charge in [0.1, 0.15) is 11.9 Å². The molecule has 0 saturated heterocycles. The maximum Gasteiger partial charge on any atom is 0.123 e. The van der Waals surface area contributed by atoms with Gasteiger partial charge in [-0.15, -0.1) is 0 Å². The molecule has 0 bridgehead atoms. The summed E-state index contributed by atoms with van der Waals surface area (Å²) in [5.41, 5.74) is 1.19. The summed E-state index contributed by atoms with van der Waals surface area (Å²) in [7, 11) is 0. The predicted octanol–water partition coefficient (Wildman–Crippen LogP) is 2.96. The highest BCUT2D eigenvalue weighted by Crippen LogP contribution is 2.26. The third kappa shape index (κ3) is 3.24. The molecular formula is C13H20O2. The van der Waals surface area contributed by atoms with E-state index in [1.165, 1.54) is 5.56 Å². The van der Waals surface area contributed by atoms with Crippen LogP contribution in [0.25, 0.3) is 0 Å². The molecule has 0 spiro atoms. The van der Waals surface area contributed by atoms with Crippen molar-refractivity contribution in [1.29, 1.82) is 0 Å². The number of ether oxygens (including phenoxy) is 1. The quantitative estimate of drug-likeness (QED) is 0.824. The maximum atomic E-state index is 9.39. The minimum absolute atomic E-state index is 0.176. The second-order valence-electron chi connectivity index (χ2n) is 4.26. The number of benzene rings is 1. The monoisotopic (exact) mass is 208 g/mol. The van der Waals surface area contributed by atoms with E-state index < -0.39 is 6.10 Å². The Morgan fingerprint density at radius 2 is 1.67 bits per heavy atom. The molecule has 0 radical (unpaired) electrons. The zero-order valence-corrected chi connectivity index (χ0v) is 9.90. The van der Waals surface area contributed by atoms with Gasteiger partial charge in [0.2, 0.25) is 0 Å². The van der Waals surface area contributed by atoms with Crippen LogP contribution in [-0.2, 0) is 0 Å². The van der Waals surface area contributed by atoms with E-state index in [1.54, 1.807) is 6.92 Å². The lowest BCUT2D eigenvalue weighted by molar-refractivity contribution is 0.0597. The van der Waals surface area contributed by atoms with Gasteiger partial charge in [0.25, 0.3) is 0 Å². The van der Waals surface area contributed by atoms with Crippen molar-refractivity contribution in [2.45, 2.75) is 45.8 Å². The molecule has 0 aliphatic carbocycles. The second-order valence-corrected chi connectivity index (χ2v) is 4.26. The van der Waals surface area contributed by atoms with Gasteiger partial charge >= 0.3 is 0 Å². The Kier molecular flexibility index (Phi) is 4.15. The number of para-hydroxylation sites is 1. The molecule has 1 aromatic carbocycles. The van der Waals surface area contributed by atoms with Gasteiger partial charge in [-0.1, -0.05) is 32.0 Å². The first-order valence-electron chi connectivity index (χ1n) is 5.46. The summed E-state index contributed by atoms with van der Waals surface area (Å²) in [6.07, 6.45) is -0.630. The molecule has 1 rings (SSSR count). The third-order valence-electron chi connectivity index (χ3n) is 2.53. The topological polar surface area (TPSA) is 29.5 Å². The van der Waals surface area contributed by atoms with Crippen molar-refractivity contribution in [1.82, 2.24) is 0 Å². The predicted molar refractivity (Wildman–Crippen MR) is 62.3 cm³/mol. The molecule has 2 heteroatoms. The Hall–Kier alpha value is -1.02. The van der Waals surface area contributed by atoms with Crippen LogP contribution < -0.4 is 4.74 Å². The molecule has 0 aliphatic rings. The molecule has 0 fully saturated rings. The highest BCUT2D eigenvalue weighted by molar-refractivity contribution is 5.35. The second kappa shape index (κ2) is 5.17. The van der Waals surface area contributed by atoms with Crippen molar-refractivity contribution in [3.05, 3.63) is 29.8 Å². The molecule has 1 aromatic rings. The highest BCUT2D eigenvalue weighted by atomic mass is 16.5. The van der Waals surface area contributed by atoms with Crippen LogP contribution in [0.3, 0.4) is 0 Å². The lowest BCUT2D eigenvalue weighted by Crippen LogP contribution is -2.26. The van der Waals surface area contributed by atoms with Crippen LogP contribution in [0.15, 0.2) is 24.3 Å². The summed E-state index contributed by atoms with van der Waals surface area (Å²) in [6, 6.07) is 7.98. The van der Waals surface area contributed by atoms with Gasteiger partial charge in [-0.2, -0.15) is 0 Å². The Labute approximate surface area is 91.9 Å². The minimum Gasteiger partial charge on any atom is -0.488 e. The van der Waals surface area contributed by atoms with Crippen molar-refractivity contribution in [2.75, 3.05) is 0 Å². The normalized spacial score (nSPS) is 15.1. The lowest BCUT2D eigenvalue weighted by Gasteiger charge is -2.20. The van der Waals surface area contributed by atoms with E-state index in [2.05, 4.69) is 19.9 Å². The molecule has 0 aliphatic heterocycles. The van der Waals surface area contributed by atoms with Crippen LogP contribution in [-0.4, -0.2) is 17.3 Å². The maximum absolute atomic E-state index is 9.39. The minimum atomic E-state index is -0.454. The zero-order valence-electron chi connectivity index (χ0n) is 9.90. The Morgan fingerprint density at radius 3 is 2.20 bits per heavy atom. The highest BCUT2D eigenvalue weighted by Gasteiger charge is 2.13. The van der Waals surface area contributed by atoms with Crippen molar-refractivity contribution in [3.63, 3.8) is 0 Å². The molecule has 1 N–H and O–H groups in total. The van der Waals surface area contributed by atoms with Crippen LogP contribution in [0.5, 0.6) is 5.75 Å². The molecule has 2 nitrogen and oxygen atoms in total. The van der Waals surface area contributed by atoms with E-state index in [0.29, 0.717) is 5.92 Å². The molecular weight excluding hydrogens is 188 g/mol. The van der Waals surface area contributed by atoms with Gasteiger partial charge in [0.05, 0.1) is 6.10 Å². The van der Waals surface area contributed by atoms with Gasteiger partial charge in [-0.3, -0.25) is 0 Å². The summed E-state index contributed by atoms with van der Waals surface area (Å²) in [5.74, 6) is 1.31. The first-order valence-corrected chi connectivity index (χ1v) is 5.46. The number of rotatable bonds is 4. The van der Waals surface area contributed by atoms with Crippen LogP contribution >= 0.6 is 0 Å². The van der Waals surface area contributed by atoms with Crippen molar-refractivity contribution in [2.24, 2.45) is 0 Å². The Balaban J connectivity index is 2.84. The van der Waals surface area contributed by atoms with Crippen LogP contribution in [0.1, 0.15) is 39.2 Å². The average Bonchev–Trinajstić information content (AvgIpc) is 2.18. The van der Waals surface area contributed by atoms with E-state index in [0.717, 1.165) is 5.75 Å². The van der Waals surface area contributed by atoms with E-state index in [9.17, 15) is 5.11 Å². The number of aliphatic hydroxyl groups is 1. The smallest absolute Gasteiger partial charge is 0.123 e. The largest absolute Gasteiger partial charge is 0.488 e. The summed E-state index contributed by atoms with van der Waals surface area (Å²) in [6.45, 7) is 7.88. The lowest BCUT2D eigenvalue weighted by atomic mass is 10.0. The summed E-state index contributed by atoms with van der Waals surface area (Å²) in [5, 5.41) is 9.39. The van der Waals surface area contributed by atoms with Crippen LogP contribution in [0, 0.1) is 0 Å². The van der Waals surface area contributed by atoms with Crippen molar-refractivity contribution < 1.29 is 9.84 Å². The first kappa shape index (κ1) is 12.1. The van der Waals surface area contributed by atoms with Crippen molar-refractivity contribution in [3.8, 4) is 5.75 Å². The zero-order chi connectivity index (χ0) is 11.4. The fraction of sp³-hybridized carbons (Fsp3) is 0.538. The Bertz CT molecular complexity index is 305. The van der Waals surface area contributed by atoms with Crippen LogP contribution in [0.2, 0.25) is 0 Å². The fourth-order valence-electron chi connectivity index (χ4n) is 1.36. The SMILES string of the molecule is CC(C)c1ccccc1OC(C)C(C)O. The number of aliphatic hydroxyl groups excluding tert-OH is 1. The van der Waals surface area contributed by atoms with Crippen molar-refractivity contribution >= 4 is 0 Å². The van der Waals surface area contributed by atoms with E-state index in [1.807, 2.05) is 25.1 Å². The van der Waals surface area contributed by atoms with E-state index >= 15 is 0 Å². The number of hydrogen-bond acceptors (Lipinski definition) is 2. The molecule has 0 heterocycles. The Morgan fingerprint density at radius 1 is 1.07 bits per heavy atom. The van der Waals surface area contributed by atoms with Crippen LogP contribution in [0.4, 0.5) is 0 Å². The molecule has 0 aromatic heterocycles. The molecule has 0 amide bonds. The average molecular weight is 208 g/mol. The molecule has 2 unspecified atom stereocenters. The molecule has 84 valence electrons. The van der Waals surface area contributed by atoms with E-state index in [4.69, 9.17) is 4.74 Å². The first-order chi connectivity index (χ1) is 7.02. The summed E-state index contributed by atoms with van der Waals surface area (Å²) < 4.78 is 5.72. The fourth-order valence-corrected chi connectivity index (χ4v) is 1.36. The molecule has 15 heavy (non-hydrogen) atoms. The molecule has 2 atom stereocenters. The van der Waals surface area contributed by atoms with Gasteiger partial charge in [0.15, 0.2) is 0 Å². The summed E-state index contributed by atoms with van der Waals surface area (Å²) >= 11 is 0. The van der Waals surface area contributed by atoms with Gasteiger partial charge in [0, 0.05) is 0 Å². The van der Waals surface area contributed by atoms with E-state index in [-0.39, 0.29) is 6.10 Å². The summed E-state index contributed by atoms with van der Waals surface area (Å²) in [4.78, 5) is 0. The molecule has 0 saturated carbocycles.